The Morgan fingerprint density at radius 2 is 1.95 bits per heavy atom. The van der Waals surface area contributed by atoms with Crippen molar-refractivity contribution in [2.75, 3.05) is 13.1 Å². The highest BCUT2D eigenvalue weighted by atomic mass is 32.1. The van der Waals surface area contributed by atoms with Crippen molar-refractivity contribution in [3.63, 3.8) is 0 Å². The Morgan fingerprint density at radius 1 is 1.11 bits per heavy atom. The lowest BCUT2D eigenvalue weighted by Gasteiger charge is -2.01. The summed E-state index contributed by atoms with van der Waals surface area (Å²) >= 11 is 1.76. The predicted molar refractivity (Wildman–Crippen MR) is 83.6 cm³/mol. The third kappa shape index (κ3) is 4.77. The highest BCUT2D eigenvalue weighted by molar-refractivity contribution is 7.09. The van der Waals surface area contributed by atoms with Crippen LogP contribution in [0, 0.1) is 0 Å². The number of aromatic nitrogens is 1. The lowest BCUT2D eigenvalue weighted by Crippen LogP contribution is -2.18. The van der Waals surface area contributed by atoms with Crippen molar-refractivity contribution in [1.82, 2.24) is 10.3 Å². The number of rotatable bonds is 8. The maximum atomic E-state index is 4.69. The van der Waals surface area contributed by atoms with Gasteiger partial charge in [0.25, 0.3) is 0 Å². The van der Waals surface area contributed by atoms with Gasteiger partial charge in [-0.1, -0.05) is 50.1 Å². The molecule has 0 aliphatic carbocycles. The molecule has 3 heteroatoms. The van der Waals surface area contributed by atoms with Crippen molar-refractivity contribution in [2.24, 2.45) is 0 Å². The van der Waals surface area contributed by atoms with Gasteiger partial charge >= 0.3 is 0 Å². The molecule has 0 aliphatic rings. The first-order valence-electron chi connectivity index (χ1n) is 7.10. The van der Waals surface area contributed by atoms with E-state index < -0.39 is 0 Å². The van der Waals surface area contributed by atoms with Crippen LogP contribution in [0.5, 0.6) is 0 Å². The van der Waals surface area contributed by atoms with E-state index in [1.54, 1.807) is 11.3 Å². The van der Waals surface area contributed by atoms with Crippen molar-refractivity contribution in [3.8, 4) is 11.3 Å². The fourth-order valence-electron chi connectivity index (χ4n) is 1.99. The molecule has 0 bridgehead atoms. The van der Waals surface area contributed by atoms with E-state index >= 15 is 0 Å². The van der Waals surface area contributed by atoms with Crippen LogP contribution in [-0.2, 0) is 6.42 Å². The lowest BCUT2D eigenvalue weighted by molar-refractivity contribution is 0.616. The minimum atomic E-state index is 1.03. The summed E-state index contributed by atoms with van der Waals surface area (Å²) in [5, 5.41) is 6.86. The second-order valence-electron chi connectivity index (χ2n) is 4.70. The topological polar surface area (TPSA) is 24.9 Å². The van der Waals surface area contributed by atoms with E-state index in [0.29, 0.717) is 0 Å². The van der Waals surface area contributed by atoms with Crippen LogP contribution in [0.2, 0.25) is 0 Å². The van der Waals surface area contributed by atoms with Crippen molar-refractivity contribution in [1.29, 1.82) is 0 Å². The van der Waals surface area contributed by atoms with Crippen LogP contribution in [0.4, 0.5) is 0 Å². The van der Waals surface area contributed by atoms with Crippen LogP contribution in [0.25, 0.3) is 11.3 Å². The van der Waals surface area contributed by atoms with Crippen LogP contribution < -0.4 is 5.32 Å². The average Bonchev–Trinajstić information content (AvgIpc) is 2.92. The van der Waals surface area contributed by atoms with Gasteiger partial charge in [0.05, 0.1) is 10.7 Å². The largest absolute Gasteiger partial charge is 0.316 e. The molecule has 2 rings (SSSR count). The molecule has 0 unspecified atom stereocenters. The van der Waals surface area contributed by atoms with Crippen LogP contribution in [0.3, 0.4) is 0 Å². The van der Waals surface area contributed by atoms with Gasteiger partial charge in [0.1, 0.15) is 0 Å². The van der Waals surface area contributed by atoms with E-state index in [9.17, 15) is 0 Å². The van der Waals surface area contributed by atoms with Crippen molar-refractivity contribution in [3.05, 3.63) is 40.7 Å². The SMILES string of the molecule is CCCCCNCCc1nc(-c2ccccc2)cs1. The zero-order valence-electron chi connectivity index (χ0n) is 11.6. The molecule has 0 radical (unpaired) electrons. The monoisotopic (exact) mass is 274 g/mol. The molecule has 1 N–H and O–H groups in total. The van der Waals surface area contributed by atoms with E-state index in [2.05, 4.69) is 41.9 Å². The predicted octanol–water partition coefficient (Wildman–Crippen LogP) is 4.13. The molecule has 1 aromatic carbocycles. The molecule has 102 valence electrons. The van der Waals surface area contributed by atoms with Gasteiger partial charge in [0, 0.05) is 23.9 Å². The van der Waals surface area contributed by atoms with Gasteiger partial charge in [-0.3, -0.25) is 0 Å². The minimum absolute atomic E-state index is 1.03. The highest BCUT2D eigenvalue weighted by Gasteiger charge is 2.03. The summed E-state index contributed by atoms with van der Waals surface area (Å²) in [6, 6.07) is 10.4. The van der Waals surface area contributed by atoms with Gasteiger partial charge < -0.3 is 5.32 Å². The maximum absolute atomic E-state index is 4.69. The maximum Gasteiger partial charge on any atom is 0.0945 e. The molecule has 0 fully saturated rings. The first kappa shape index (κ1) is 14.2. The van der Waals surface area contributed by atoms with E-state index in [4.69, 9.17) is 4.98 Å². The Kier molecular flexibility index (Phi) is 6.05. The molecule has 0 saturated heterocycles. The second kappa shape index (κ2) is 8.08. The van der Waals surface area contributed by atoms with Gasteiger partial charge in [0.2, 0.25) is 0 Å². The standard InChI is InChI=1S/C16H22N2S/c1-2-3-7-11-17-12-10-16-18-15(13-19-16)14-8-5-4-6-9-14/h4-6,8-9,13,17H,2-3,7,10-12H2,1H3. The first-order chi connectivity index (χ1) is 9.40. The second-order valence-corrected chi connectivity index (χ2v) is 5.64. The van der Waals surface area contributed by atoms with Crippen LogP contribution in [-0.4, -0.2) is 18.1 Å². The number of thiazole rings is 1. The van der Waals surface area contributed by atoms with E-state index in [1.807, 2.05) is 6.07 Å². The van der Waals surface area contributed by atoms with Gasteiger partial charge in [-0.2, -0.15) is 0 Å². The van der Waals surface area contributed by atoms with Gasteiger partial charge in [-0.05, 0) is 13.0 Å². The molecule has 0 saturated carbocycles. The zero-order chi connectivity index (χ0) is 13.3. The van der Waals surface area contributed by atoms with Gasteiger partial charge in [0.15, 0.2) is 0 Å². The van der Waals surface area contributed by atoms with E-state index in [-0.39, 0.29) is 0 Å². The minimum Gasteiger partial charge on any atom is -0.316 e. The average molecular weight is 274 g/mol. The van der Waals surface area contributed by atoms with Crippen molar-refractivity contribution >= 4 is 11.3 Å². The fourth-order valence-corrected chi connectivity index (χ4v) is 2.79. The smallest absolute Gasteiger partial charge is 0.0945 e. The lowest BCUT2D eigenvalue weighted by atomic mass is 10.2. The summed E-state index contributed by atoms with van der Waals surface area (Å²) in [6.07, 6.45) is 4.92. The molecular weight excluding hydrogens is 252 g/mol. The Morgan fingerprint density at radius 3 is 2.74 bits per heavy atom. The Bertz CT molecular complexity index is 465. The highest BCUT2D eigenvalue weighted by Crippen LogP contribution is 2.21. The molecule has 1 heterocycles. The molecule has 0 spiro atoms. The molecule has 0 amide bonds. The summed E-state index contributed by atoms with van der Waals surface area (Å²) < 4.78 is 0. The Balaban J connectivity index is 1.75. The third-order valence-corrected chi connectivity index (χ3v) is 4.00. The Labute approximate surface area is 119 Å². The molecular formula is C16H22N2S. The number of nitrogens with one attached hydrogen (secondary N) is 1. The van der Waals surface area contributed by atoms with Crippen LogP contribution in [0.1, 0.15) is 31.2 Å². The Hall–Kier alpha value is -1.19. The molecule has 0 aliphatic heterocycles. The molecule has 2 aromatic rings. The number of unbranched alkanes of at least 4 members (excludes halogenated alkanes) is 2. The number of benzene rings is 1. The first-order valence-corrected chi connectivity index (χ1v) is 7.98. The van der Waals surface area contributed by atoms with Crippen molar-refractivity contribution in [2.45, 2.75) is 32.6 Å². The third-order valence-electron chi connectivity index (χ3n) is 3.09. The quantitative estimate of drug-likeness (QED) is 0.732. The fraction of sp³-hybridized carbons (Fsp3) is 0.438. The molecule has 1 aromatic heterocycles. The van der Waals surface area contributed by atoms with Gasteiger partial charge in [-0.25, -0.2) is 4.98 Å². The molecule has 0 atom stereocenters. The van der Waals surface area contributed by atoms with E-state index in [1.165, 1.54) is 29.8 Å². The molecule has 2 nitrogen and oxygen atoms in total. The molecule has 19 heavy (non-hydrogen) atoms. The van der Waals surface area contributed by atoms with Gasteiger partial charge in [-0.15, -0.1) is 11.3 Å². The zero-order valence-corrected chi connectivity index (χ0v) is 12.4. The number of hydrogen-bond donors (Lipinski definition) is 1. The van der Waals surface area contributed by atoms with Crippen LogP contribution in [0.15, 0.2) is 35.7 Å². The number of nitrogens with zero attached hydrogens (tertiary/aromatic N) is 1. The summed E-state index contributed by atoms with van der Waals surface area (Å²) in [4.78, 5) is 4.69. The number of hydrogen-bond acceptors (Lipinski definition) is 3. The normalized spacial score (nSPS) is 10.8. The summed E-state index contributed by atoms with van der Waals surface area (Å²) in [5.41, 5.74) is 2.31. The van der Waals surface area contributed by atoms with Crippen molar-refractivity contribution < 1.29 is 0 Å². The summed E-state index contributed by atoms with van der Waals surface area (Å²) in [6.45, 7) is 4.40. The summed E-state index contributed by atoms with van der Waals surface area (Å²) in [7, 11) is 0. The summed E-state index contributed by atoms with van der Waals surface area (Å²) in [5.74, 6) is 0. The van der Waals surface area contributed by atoms with Crippen LogP contribution >= 0.6 is 11.3 Å². The van der Waals surface area contributed by atoms with E-state index in [0.717, 1.165) is 25.2 Å².